The van der Waals surface area contributed by atoms with Gasteiger partial charge in [0.05, 0.1) is 0 Å². The predicted molar refractivity (Wildman–Crippen MR) is 73.4 cm³/mol. The van der Waals surface area contributed by atoms with Crippen molar-refractivity contribution in [2.75, 3.05) is 18.6 Å². The molecule has 3 nitrogen and oxygen atoms in total. The van der Waals surface area contributed by atoms with Gasteiger partial charge in [-0.05, 0) is 38.9 Å². The van der Waals surface area contributed by atoms with Gasteiger partial charge in [0, 0.05) is 36.8 Å². The Morgan fingerprint density at radius 2 is 2.00 bits per heavy atom. The Kier molecular flexibility index (Phi) is 4.74. The third-order valence-corrected chi connectivity index (χ3v) is 4.68. The van der Waals surface area contributed by atoms with Crippen molar-refractivity contribution in [3.8, 4) is 0 Å². The molecule has 17 heavy (non-hydrogen) atoms. The number of nitrogens with zero attached hydrogens (tertiary/aromatic N) is 1. The monoisotopic (exact) mass is 256 g/mol. The Balaban J connectivity index is 1.91. The van der Waals surface area contributed by atoms with Crippen LogP contribution < -0.4 is 5.32 Å². The summed E-state index contributed by atoms with van der Waals surface area (Å²) in [5.74, 6) is 1.31. The Morgan fingerprint density at radius 3 is 2.53 bits per heavy atom. The smallest absolute Gasteiger partial charge is 0.223 e. The van der Waals surface area contributed by atoms with Crippen LogP contribution in [-0.4, -0.2) is 47.5 Å². The van der Waals surface area contributed by atoms with Gasteiger partial charge in [0.15, 0.2) is 0 Å². The van der Waals surface area contributed by atoms with E-state index in [1.807, 2.05) is 0 Å². The van der Waals surface area contributed by atoms with Crippen molar-refractivity contribution in [3.63, 3.8) is 0 Å². The largest absolute Gasteiger partial charge is 0.340 e. The molecule has 2 heterocycles. The van der Waals surface area contributed by atoms with E-state index in [2.05, 4.69) is 23.4 Å². The minimum Gasteiger partial charge on any atom is -0.340 e. The van der Waals surface area contributed by atoms with Gasteiger partial charge in [-0.2, -0.15) is 11.8 Å². The molecule has 0 aromatic carbocycles. The highest BCUT2D eigenvalue weighted by Crippen LogP contribution is 2.30. The van der Waals surface area contributed by atoms with E-state index >= 15 is 0 Å². The molecule has 0 aromatic heterocycles. The van der Waals surface area contributed by atoms with Crippen molar-refractivity contribution in [3.05, 3.63) is 0 Å². The molecule has 2 fully saturated rings. The highest BCUT2D eigenvalue weighted by Gasteiger charge is 2.36. The lowest BCUT2D eigenvalue weighted by atomic mass is 9.98. The summed E-state index contributed by atoms with van der Waals surface area (Å²) in [6.45, 7) is 2.98. The fourth-order valence-corrected chi connectivity index (χ4v) is 3.63. The number of hydrogen-bond donors (Lipinski definition) is 1. The highest BCUT2D eigenvalue weighted by molar-refractivity contribution is 7.98. The van der Waals surface area contributed by atoms with Gasteiger partial charge in [0.25, 0.3) is 0 Å². The van der Waals surface area contributed by atoms with Gasteiger partial charge in [-0.1, -0.05) is 0 Å². The average Bonchev–Trinajstić information content (AvgIpc) is 2.67. The maximum atomic E-state index is 12.2. The van der Waals surface area contributed by atoms with Gasteiger partial charge < -0.3 is 10.2 Å². The Labute approximate surface area is 109 Å². The number of carbonyl (C=O) groups is 1. The summed E-state index contributed by atoms with van der Waals surface area (Å²) in [6, 6.07) is 1.83. The predicted octanol–water partition coefficient (Wildman–Crippen LogP) is 1.87. The van der Waals surface area contributed by atoms with Crippen LogP contribution in [0.4, 0.5) is 0 Å². The topological polar surface area (TPSA) is 32.3 Å². The molecule has 2 aliphatic rings. The van der Waals surface area contributed by atoms with E-state index in [4.69, 9.17) is 0 Å². The van der Waals surface area contributed by atoms with Crippen LogP contribution in [0, 0.1) is 0 Å². The number of thioether (sulfide) groups is 1. The van der Waals surface area contributed by atoms with E-state index < -0.39 is 0 Å². The fourth-order valence-electron chi connectivity index (χ4n) is 3.25. The van der Waals surface area contributed by atoms with Crippen molar-refractivity contribution >= 4 is 17.7 Å². The number of rotatable bonds is 5. The number of piperidine rings is 1. The first-order chi connectivity index (χ1) is 8.24. The van der Waals surface area contributed by atoms with E-state index in [-0.39, 0.29) is 0 Å². The van der Waals surface area contributed by atoms with E-state index in [0.29, 0.717) is 30.5 Å². The van der Waals surface area contributed by atoms with Crippen LogP contribution in [0.3, 0.4) is 0 Å². The number of carbonyl (C=O) groups excluding carboxylic acids is 1. The van der Waals surface area contributed by atoms with Crippen LogP contribution >= 0.6 is 11.8 Å². The van der Waals surface area contributed by atoms with E-state index in [9.17, 15) is 4.79 Å². The molecule has 0 aliphatic carbocycles. The molecule has 2 saturated heterocycles. The third-order valence-electron chi connectivity index (χ3n) is 4.07. The lowest BCUT2D eigenvalue weighted by Gasteiger charge is -2.37. The minimum atomic E-state index is 0.355. The van der Waals surface area contributed by atoms with Crippen LogP contribution in [0.25, 0.3) is 0 Å². The fraction of sp³-hybridized carbons (Fsp3) is 0.923. The van der Waals surface area contributed by atoms with Crippen LogP contribution in [-0.2, 0) is 4.79 Å². The summed E-state index contributed by atoms with van der Waals surface area (Å²) in [7, 11) is 0. The van der Waals surface area contributed by atoms with Gasteiger partial charge in [0.2, 0.25) is 5.91 Å². The molecular formula is C13H24N2OS. The lowest BCUT2D eigenvalue weighted by molar-refractivity contribution is -0.133. The number of fused-ring (bicyclic) bond motifs is 2. The maximum Gasteiger partial charge on any atom is 0.223 e. The molecule has 0 aromatic rings. The molecule has 0 spiro atoms. The quantitative estimate of drug-likeness (QED) is 0.815. The van der Waals surface area contributed by atoms with Gasteiger partial charge >= 0.3 is 0 Å². The van der Waals surface area contributed by atoms with Crippen molar-refractivity contribution in [1.82, 2.24) is 10.2 Å². The second-order valence-electron chi connectivity index (χ2n) is 5.19. The zero-order chi connectivity index (χ0) is 12.3. The molecule has 2 rings (SSSR count). The molecule has 1 amide bonds. The molecular weight excluding hydrogens is 232 g/mol. The maximum absolute atomic E-state index is 12.2. The lowest BCUT2D eigenvalue weighted by Crippen LogP contribution is -2.50. The van der Waals surface area contributed by atoms with Crippen LogP contribution in [0.1, 0.15) is 39.0 Å². The molecule has 2 atom stereocenters. The molecule has 2 bridgehead atoms. The summed E-state index contributed by atoms with van der Waals surface area (Å²) in [6.07, 6.45) is 7.70. The summed E-state index contributed by atoms with van der Waals surface area (Å²) in [5, 5.41) is 3.64. The SMILES string of the molecule is CCN(C(=O)CCSC)C1CC2CCC(C1)N2. The first-order valence-electron chi connectivity index (χ1n) is 6.79. The van der Waals surface area contributed by atoms with Gasteiger partial charge in [0.1, 0.15) is 0 Å². The van der Waals surface area contributed by atoms with Gasteiger partial charge in [-0.3, -0.25) is 4.79 Å². The van der Waals surface area contributed by atoms with Crippen LogP contribution in [0.2, 0.25) is 0 Å². The number of hydrogen-bond acceptors (Lipinski definition) is 3. The Morgan fingerprint density at radius 1 is 1.35 bits per heavy atom. The molecule has 2 unspecified atom stereocenters. The molecule has 0 saturated carbocycles. The number of nitrogens with one attached hydrogen (secondary N) is 1. The minimum absolute atomic E-state index is 0.355. The van der Waals surface area contributed by atoms with Crippen molar-refractivity contribution in [2.45, 2.75) is 57.2 Å². The molecule has 2 aliphatic heterocycles. The van der Waals surface area contributed by atoms with E-state index in [0.717, 1.165) is 25.1 Å². The first-order valence-corrected chi connectivity index (χ1v) is 8.18. The second kappa shape index (κ2) is 6.10. The van der Waals surface area contributed by atoms with Crippen LogP contribution in [0.5, 0.6) is 0 Å². The standard InChI is InChI=1S/C13H24N2OS/c1-3-15(13(16)6-7-17-2)12-8-10-4-5-11(9-12)14-10/h10-12,14H,3-9H2,1-2H3. The summed E-state index contributed by atoms with van der Waals surface area (Å²) in [4.78, 5) is 14.3. The second-order valence-corrected chi connectivity index (χ2v) is 6.17. The Bertz CT molecular complexity index is 260. The Hall–Kier alpha value is -0.220. The highest BCUT2D eigenvalue weighted by atomic mass is 32.2. The molecule has 98 valence electrons. The normalized spacial score (nSPS) is 31.5. The molecule has 4 heteroatoms. The molecule has 0 radical (unpaired) electrons. The van der Waals surface area contributed by atoms with Gasteiger partial charge in [-0.25, -0.2) is 0 Å². The summed E-state index contributed by atoms with van der Waals surface area (Å²) >= 11 is 1.76. The first kappa shape index (κ1) is 13.2. The summed E-state index contributed by atoms with van der Waals surface area (Å²) in [5.41, 5.74) is 0. The van der Waals surface area contributed by atoms with Gasteiger partial charge in [-0.15, -0.1) is 0 Å². The van der Waals surface area contributed by atoms with Crippen LogP contribution in [0.15, 0.2) is 0 Å². The van der Waals surface area contributed by atoms with Crippen molar-refractivity contribution in [2.24, 2.45) is 0 Å². The average molecular weight is 256 g/mol. The number of amides is 1. The van der Waals surface area contributed by atoms with E-state index in [1.54, 1.807) is 11.8 Å². The third kappa shape index (κ3) is 3.16. The zero-order valence-electron chi connectivity index (χ0n) is 10.9. The zero-order valence-corrected chi connectivity index (χ0v) is 11.8. The van der Waals surface area contributed by atoms with Crippen molar-refractivity contribution in [1.29, 1.82) is 0 Å². The summed E-state index contributed by atoms with van der Waals surface area (Å²) < 4.78 is 0. The van der Waals surface area contributed by atoms with Crippen molar-refractivity contribution < 1.29 is 4.79 Å². The van der Waals surface area contributed by atoms with E-state index in [1.165, 1.54) is 12.8 Å². The molecule has 1 N–H and O–H groups in total.